The number of aromatic nitrogens is 3. The number of hydrogen-bond donors (Lipinski definition) is 0. The number of methoxy groups -OCH3 is 1. The van der Waals surface area contributed by atoms with Gasteiger partial charge in [-0.15, -0.1) is 21.8 Å². The fraction of sp³-hybridized carbons (Fsp3) is 0.200. The quantitative estimate of drug-likeness (QED) is 0.819. The van der Waals surface area contributed by atoms with E-state index >= 15 is 0 Å². The maximum Gasteiger partial charge on any atom is 0.152 e. The van der Waals surface area contributed by atoms with Crippen LogP contribution in [0.3, 0.4) is 0 Å². The number of halogens is 2. The predicted octanol–water partition coefficient (Wildman–Crippen LogP) is 2.78. The molecule has 0 aliphatic heterocycles. The lowest BCUT2D eigenvalue weighted by molar-refractivity contribution is 0.414. The Morgan fingerprint density at radius 3 is 3.00 bits per heavy atom. The second kappa shape index (κ2) is 4.84. The van der Waals surface area contributed by atoms with Crippen LogP contribution in [0.5, 0.6) is 5.75 Å². The van der Waals surface area contributed by atoms with Crippen LogP contribution in [0, 0.1) is 0 Å². The van der Waals surface area contributed by atoms with Gasteiger partial charge in [0.2, 0.25) is 0 Å². The minimum Gasteiger partial charge on any atom is -0.497 e. The van der Waals surface area contributed by atoms with Gasteiger partial charge in [0.25, 0.3) is 0 Å². The fourth-order valence-electron chi connectivity index (χ4n) is 1.36. The van der Waals surface area contributed by atoms with Gasteiger partial charge >= 0.3 is 0 Å². The Balaban J connectivity index is 2.54. The van der Waals surface area contributed by atoms with Gasteiger partial charge < -0.3 is 4.74 Å². The molecule has 0 aliphatic rings. The molecule has 0 unspecified atom stereocenters. The van der Waals surface area contributed by atoms with Crippen molar-refractivity contribution in [3.05, 3.63) is 34.8 Å². The second-order valence-electron chi connectivity index (χ2n) is 3.07. The van der Waals surface area contributed by atoms with Crippen LogP contribution in [-0.4, -0.2) is 21.9 Å². The first kappa shape index (κ1) is 11.4. The number of alkyl halides is 1. The van der Waals surface area contributed by atoms with E-state index in [2.05, 4.69) is 26.1 Å². The van der Waals surface area contributed by atoms with E-state index in [1.165, 1.54) is 0 Å². The maximum atomic E-state index is 5.78. The molecule has 84 valence electrons. The fourth-order valence-corrected chi connectivity index (χ4v) is 1.98. The zero-order valence-corrected chi connectivity index (χ0v) is 10.9. The second-order valence-corrected chi connectivity index (χ2v) is 4.19. The highest BCUT2D eigenvalue weighted by Crippen LogP contribution is 2.26. The Morgan fingerprint density at radius 2 is 2.31 bits per heavy atom. The summed E-state index contributed by atoms with van der Waals surface area (Å²) >= 11 is 9.25. The van der Waals surface area contributed by atoms with E-state index in [1.807, 2.05) is 22.8 Å². The van der Waals surface area contributed by atoms with Gasteiger partial charge in [-0.1, -0.05) is 0 Å². The Hall–Kier alpha value is -1.07. The zero-order valence-electron chi connectivity index (χ0n) is 8.52. The summed E-state index contributed by atoms with van der Waals surface area (Å²) in [6.45, 7) is 0. The summed E-state index contributed by atoms with van der Waals surface area (Å²) < 4.78 is 7.92. The van der Waals surface area contributed by atoms with Crippen molar-refractivity contribution in [2.45, 2.75) is 5.88 Å². The average Bonchev–Trinajstić information content (AvgIpc) is 2.77. The molecule has 4 nitrogen and oxygen atoms in total. The van der Waals surface area contributed by atoms with Crippen molar-refractivity contribution < 1.29 is 4.74 Å². The van der Waals surface area contributed by atoms with Gasteiger partial charge in [0, 0.05) is 10.5 Å². The smallest absolute Gasteiger partial charge is 0.152 e. The van der Waals surface area contributed by atoms with E-state index in [0.29, 0.717) is 11.7 Å². The molecular weight excluding hydrogens is 293 g/mol. The molecule has 6 heteroatoms. The molecule has 1 heterocycles. The number of rotatable bonds is 3. The van der Waals surface area contributed by atoms with Crippen molar-refractivity contribution in [1.29, 1.82) is 0 Å². The standard InChI is InChI=1S/C10H9BrClN3O/c1-16-7-2-3-8(11)9(4-7)15-6-13-14-10(15)5-12/h2-4,6H,5H2,1H3. The summed E-state index contributed by atoms with van der Waals surface area (Å²) in [6.07, 6.45) is 1.62. The van der Waals surface area contributed by atoms with Gasteiger partial charge in [-0.05, 0) is 28.1 Å². The molecule has 0 fully saturated rings. The van der Waals surface area contributed by atoms with Gasteiger partial charge in [-0.25, -0.2) is 0 Å². The van der Waals surface area contributed by atoms with Crippen molar-refractivity contribution in [3.8, 4) is 11.4 Å². The molecule has 0 bridgehead atoms. The molecule has 2 aromatic rings. The van der Waals surface area contributed by atoms with Crippen LogP contribution in [0.15, 0.2) is 29.0 Å². The molecule has 0 aliphatic carbocycles. The summed E-state index contributed by atoms with van der Waals surface area (Å²) in [7, 11) is 1.63. The lowest BCUT2D eigenvalue weighted by Crippen LogP contribution is -1.99. The van der Waals surface area contributed by atoms with Crippen molar-refractivity contribution in [1.82, 2.24) is 14.8 Å². The predicted molar refractivity (Wildman–Crippen MR) is 65.2 cm³/mol. The molecule has 0 saturated carbocycles. The van der Waals surface area contributed by atoms with E-state index in [4.69, 9.17) is 16.3 Å². The van der Waals surface area contributed by atoms with Gasteiger partial charge in [0.15, 0.2) is 5.82 Å². The molecule has 0 radical (unpaired) electrons. The first-order valence-electron chi connectivity index (χ1n) is 4.55. The molecule has 0 amide bonds. The van der Waals surface area contributed by atoms with Crippen molar-refractivity contribution in [2.75, 3.05) is 7.11 Å². The van der Waals surface area contributed by atoms with Crippen LogP contribution in [0.4, 0.5) is 0 Å². The van der Waals surface area contributed by atoms with Gasteiger partial charge in [-0.3, -0.25) is 4.57 Å². The summed E-state index contributed by atoms with van der Waals surface area (Å²) in [6, 6.07) is 5.67. The number of nitrogens with zero attached hydrogens (tertiary/aromatic N) is 3. The molecular formula is C10H9BrClN3O. The van der Waals surface area contributed by atoms with Crippen LogP contribution in [-0.2, 0) is 5.88 Å². The summed E-state index contributed by atoms with van der Waals surface area (Å²) in [5.74, 6) is 1.77. The number of hydrogen-bond acceptors (Lipinski definition) is 3. The Morgan fingerprint density at radius 1 is 1.50 bits per heavy atom. The van der Waals surface area contributed by atoms with Crippen molar-refractivity contribution in [3.63, 3.8) is 0 Å². The van der Waals surface area contributed by atoms with Crippen LogP contribution in [0.25, 0.3) is 5.69 Å². The Kier molecular flexibility index (Phi) is 3.46. The number of ether oxygens (including phenoxy) is 1. The normalized spacial score (nSPS) is 10.4. The van der Waals surface area contributed by atoms with E-state index in [9.17, 15) is 0 Å². The Labute approximate surface area is 106 Å². The average molecular weight is 303 g/mol. The van der Waals surface area contributed by atoms with Crippen LogP contribution in [0.2, 0.25) is 0 Å². The van der Waals surface area contributed by atoms with E-state index < -0.39 is 0 Å². The molecule has 1 aromatic carbocycles. The molecule has 2 rings (SSSR count). The lowest BCUT2D eigenvalue weighted by Gasteiger charge is -2.09. The van der Waals surface area contributed by atoms with Crippen molar-refractivity contribution >= 4 is 27.5 Å². The highest BCUT2D eigenvalue weighted by molar-refractivity contribution is 9.10. The Bertz CT molecular complexity index is 501. The van der Waals surface area contributed by atoms with E-state index in [1.54, 1.807) is 13.4 Å². The summed E-state index contributed by atoms with van der Waals surface area (Å²) in [5, 5.41) is 7.76. The van der Waals surface area contributed by atoms with Gasteiger partial charge in [0.05, 0.1) is 18.7 Å². The first-order chi connectivity index (χ1) is 7.76. The zero-order chi connectivity index (χ0) is 11.5. The highest BCUT2D eigenvalue weighted by atomic mass is 79.9. The summed E-state index contributed by atoms with van der Waals surface area (Å²) in [5.41, 5.74) is 0.903. The number of benzene rings is 1. The molecule has 0 spiro atoms. The third-order valence-electron chi connectivity index (χ3n) is 2.15. The van der Waals surface area contributed by atoms with Crippen LogP contribution in [0.1, 0.15) is 5.82 Å². The molecule has 0 N–H and O–H groups in total. The SMILES string of the molecule is COc1ccc(Br)c(-n2cnnc2CCl)c1. The van der Waals surface area contributed by atoms with Crippen molar-refractivity contribution in [2.24, 2.45) is 0 Å². The topological polar surface area (TPSA) is 39.9 Å². The first-order valence-corrected chi connectivity index (χ1v) is 5.87. The third-order valence-corrected chi connectivity index (χ3v) is 3.06. The maximum absolute atomic E-state index is 5.78. The minimum absolute atomic E-state index is 0.309. The van der Waals surface area contributed by atoms with Crippen LogP contribution >= 0.6 is 27.5 Å². The van der Waals surface area contributed by atoms with E-state index in [-0.39, 0.29) is 0 Å². The minimum atomic E-state index is 0.309. The van der Waals surface area contributed by atoms with E-state index in [0.717, 1.165) is 15.9 Å². The lowest BCUT2D eigenvalue weighted by atomic mass is 10.3. The third kappa shape index (κ3) is 2.05. The van der Waals surface area contributed by atoms with Gasteiger partial charge in [-0.2, -0.15) is 0 Å². The molecule has 0 saturated heterocycles. The molecule has 1 aromatic heterocycles. The largest absolute Gasteiger partial charge is 0.497 e. The molecule has 0 atom stereocenters. The van der Waals surface area contributed by atoms with Crippen LogP contribution < -0.4 is 4.74 Å². The summed E-state index contributed by atoms with van der Waals surface area (Å²) in [4.78, 5) is 0. The highest BCUT2D eigenvalue weighted by Gasteiger charge is 2.09. The molecule has 16 heavy (non-hydrogen) atoms. The monoisotopic (exact) mass is 301 g/mol. The van der Waals surface area contributed by atoms with Gasteiger partial charge in [0.1, 0.15) is 12.1 Å².